The molecule has 1 aromatic carbocycles. The van der Waals surface area contributed by atoms with Gasteiger partial charge in [-0.15, -0.1) is 0 Å². The summed E-state index contributed by atoms with van der Waals surface area (Å²) >= 11 is 0. The van der Waals surface area contributed by atoms with Gasteiger partial charge < -0.3 is 20.5 Å². The van der Waals surface area contributed by atoms with Crippen molar-refractivity contribution in [1.29, 1.82) is 0 Å². The summed E-state index contributed by atoms with van der Waals surface area (Å²) < 4.78 is 10.6. The standard InChI is InChI=1S/C14H22N2O2/c1-17-12-7-8-14(18-2)13(9-12)16-11-5-3-10(15)4-6-11/h7-11,16H,3-6,15H2,1-2H3. The summed E-state index contributed by atoms with van der Waals surface area (Å²) in [5, 5.41) is 3.54. The maximum absolute atomic E-state index is 5.92. The molecule has 0 aliphatic heterocycles. The van der Waals surface area contributed by atoms with Crippen molar-refractivity contribution in [2.24, 2.45) is 5.73 Å². The van der Waals surface area contributed by atoms with Crippen LogP contribution in [0.4, 0.5) is 5.69 Å². The zero-order chi connectivity index (χ0) is 13.0. The topological polar surface area (TPSA) is 56.5 Å². The Morgan fingerprint density at radius 1 is 1.11 bits per heavy atom. The lowest BCUT2D eigenvalue weighted by Crippen LogP contribution is -2.32. The van der Waals surface area contributed by atoms with Crippen molar-refractivity contribution in [1.82, 2.24) is 0 Å². The molecule has 2 rings (SSSR count). The number of anilines is 1. The van der Waals surface area contributed by atoms with E-state index >= 15 is 0 Å². The molecular weight excluding hydrogens is 228 g/mol. The van der Waals surface area contributed by atoms with Gasteiger partial charge >= 0.3 is 0 Å². The van der Waals surface area contributed by atoms with Gasteiger partial charge in [0.25, 0.3) is 0 Å². The SMILES string of the molecule is COc1ccc(OC)c(NC2CCC(N)CC2)c1. The Morgan fingerprint density at radius 3 is 2.44 bits per heavy atom. The third-order valence-corrected chi connectivity index (χ3v) is 3.54. The van der Waals surface area contributed by atoms with Crippen LogP contribution >= 0.6 is 0 Å². The van der Waals surface area contributed by atoms with E-state index in [9.17, 15) is 0 Å². The fourth-order valence-electron chi connectivity index (χ4n) is 2.41. The molecule has 0 saturated heterocycles. The van der Waals surface area contributed by atoms with E-state index in [0.29, 0.717) is 12.1 Å². The van der Waals surface area contributed by atoms with E-state index < -0.39 is 0 Å². The van der Waals surface area contributed by atoms with Gasteiger partial charge in [0.2, 0.25) is 0 Å². The van der Waals surface area contributed by atoms with Crippen molar-refractivity contribution in [2.45, 2.75) is 37.8 Å². The zero-order valence-corrected chi connectivity index (χ0v) is 11.1. The van der Waals surface area contributed by atoms with Crippen molar-refractivity contribution in [3.05, 3.63) is 18.2 Å². The molecule has 0 bridgehead atoms. The van der Waals surface area contributed by atoms with E-state index in [1.54, 1.807) is 14.2 Å². The minimum atomic E-state index is 0.371. The molecule has 3 N–H and O–H groups in total. The van der Waals surface area contributed by atoms with Gasteiger partial charge in [0.05, 0.1) is 19.9 Å². The molecule has 1 aromatic rings. The molecule has 0 unspecified atom stereocenters. The number of hydrogen-bond acceptors (Lipinski definition) is 4. The Balaban J connectivity index is 2.07. The third-order valence-electron chi connectivity index (χ3n) is 3.54. The lowest BCUT2D eigenvalue weighted by molar-refractivity contribution is 0.396. The first-order chi connectivity index (χ1) is 8.72. The second-order valence-corrected chi connectivity index (χ2v) is 4.82. The summed E-state index contributed by atoms with van der Waals surface area (Å²) in [6, 6.07) is 6.66. The third kappa shape index (κ3) is 3.07. The fraction of sp³-hybridized carbons (Fsp3) is 0.571. The predicted octanol–water partition coefficient (Wildman–Crippen LogP) is 2.39. The number of methoxy groups -OCH3 is 2. The van der Waals surface area contributed by atoms with Gasteiger partial charge in [-0.1, -0.05) is 0 Å². The van der Waals surface area contributed by atoms with Gasteiger partial charge in [-0.3, -0.25) is 0 Å². The molecule has 0 heterocycles. The summed E-state index contributed by atoms with van der Waals surface area (Å²) in [5.41, 5.74) is 6.92. The molecule has 0 spiro atoms. The van der Waals surface area contributed by atoms with Crippen LogP contribution < -0.4 is 20.5 Å². The summed E-state index contributed by atoms with van der Waals surface area (Å²) in [7, 11) is 3.36. The van der Waals surface area contributed by atoms with Crippen LogP contribution in [0.5, 0.6) is 11.5 Å². The molecule has 0 aromatic heterocycles. The summed E-state index contributed by atoms with van der Waals surface area (Å²) in [4.78, 5) is 0. The predicted molar refractivity (Wildman–Crippen MR) is 73.4 cm³/mol. The molecular formula is C14H22N2O2. The first kappa shape index (κ1) is 13.0. The molecule has 0 amide bonds. The van der Waals surface area contributed by atoms with Crippen LogP contribution in [-0.4, -0.2) is 26.3 Å². The minimum absolute atomic E-state index is 0.371. The van der Waals surface area contributed by atoms with Gasteiger partial charge in [-0.2, -0.15) is 0 Å². The molecule has 4 heteroatoms. The van der Waals surface area contributed by atoms with Crippen molar-refractivity contribution in [3.63, 3.8) is 0 Å². The monoisotopic (exact) mass is 250 g/mol. The highest BCUT2D eigenvalue weighted by Gasteiger charge is 2.19. The smallest absolute Gasteiger partial charge is 0.142 e. The largest absolute Gasteiger partial charge is 0.497 e. The Hall–Kier alpha value is -1.42. The molecule has 4 nitrogen and oxygen atoms in total. The average molecular weight is 250 g/mol. The average Bonchev–Trinajstić information content (AvgIpc) is 2.41. The van der Waals surface area contributed by atoms with Crippen molar-refractivity contribution >= 4 is 5.69 Å². The highest BCUT2D eigenvalue weighted by molar-refractivity contribution is 5.60. The van der Waals surface area contributed by atoms with E-state index in [1.165, 1.54) is 0 Å². The second kappa shape index (κ2) is 5.96. The van der Waals surface area contributed by atoms with E-state index in [2.05, 4.69) is 5.32 Å². The first-order valence-corrected chi connectivity index (χ1v) is 6.47. The van der Waals surface area contributed by atoms with Crippen LogP contribution in [0.3, 0.4) is 0 Å². The quantitative estimate of drug-likeness (QED) is 0.861. The molecule has 100 valence electrons. The number of nitrogens with one attached hydrogen (secondary N) is 1. The second-order valence-electron chi connectivity index (χ2n) is 4.82. The van der Waals surface area contributed by atoms with Gasteiger partial charge in [0.15, 0.2) is 0 Å². The Morgan fingerprint density at radius 2 is 1.83 bits per heavy atom. The van der Waals surface area contributed by atoms with Gasteiger partial charge in [0, 0.05) is 18.2 Å². The minimum Gasteiger partial charge on any atom is -0.497 e. The molecule has 1 aliphatic rings. The van der Waals surface area contributed by atoms with Gasteiger partial charge in [-0.25, -0.2) is 0 Å². The fourth-order valence-corrected chi connectivity index (χ4v) is 2.41. The van der Waals surface area contributed by atoms with E-state index in [4.69, 9.17) is 15.2 Å². The number of benzene rings is 1. The molecule has 18 heavy (non-hydrogen) atoms. The van der Waals surface area contributed by atoms with Crippen molar-refractivity contribution in [3.8, 4) is 11.5 Å². The maximum Gasteiger partial charge on any atom is 0.142 e. The molecule has 0 atom stereocenters. The van der Waals surface area contributed by atoms with Crippen LogP contribution in [0.15, 0.2) is 18.2 Å². The summed E-state index contributed by atoms with van der Waals surface area (Å²) in [6.45, 7) is 0. The summed E-state index contributed by atoms with van der Waals surface area (Å²) in [5.74, 6) is 1.69. The van der Waals surface area contributed by atoms with Crippen molar-refractivity contribution in [2.75, 3.05) is 19.5 Å². The van der Waals surface area contributed by atoms with E-state index in [0.717, 1.165) is 42.9 Å². The van der Waals surface area contributed by atoms with Crippen LogP contribution in [0.25, 0.3) is 0 Å². The normalized spacial score (nSPS) is 23.5. The number of rotatable bonds is 4. The van der Waals surface area contributed by atoms with Crippen LogP contribution in [0.1, 0.15) is 25.7 Å². The lowest BCUT2D eigenvalue weighted by atomic mass is 9.91. The lowest BCUT2D eigenvalue weighted by Gasteiger charge is -2.28. The maximum atomic E-state index is 5.92. The zero-order valence-electron chi connectivity index (χ0n) is 11.1. The molecule has 0 radical (unpaired) electrons. The van der Waals surface area contributed by atoms with E-state index in [-0.39, 0.29) is 0 Å². The van der Waals surface area contributed by atoms with Crippen LogP contribution in [-0.2, 0) is 0 Å². The molecule has 1 saturated carbocycles. The Labute approximate surface area is 108 Å². The van der Waals surface area contributed by atoms with Crippen molar-refractivity contribution < 1.29 is 9.47 Å². The number of hydrogen-bond donors (Lipinski definition) is 2. The highest BCUT2D eigenvalue weighted by Crippen LogP contribution is 2.31. The van der Waals surface area contributed by atoms with Gasteiger partial charge in [-0.05, 0) is 37.8 Å². The van der Waals surface area contributed by atoms with E-state index in [1.807, 2.05) is 18.2 Å². The van der Waals surface area contributed by atoms with Crippen LogP contribution in [0.2, 0.25) is 0 Å². The number of nitrogens with two attached hydrogens (primary N) is 1. The Bertz CT molecular complexity index is 387. The highest BCUT2D eigenvalue weighted by atomic mass is 16.5. The van der Waals surface area contributed by atoms with Crippen LogP contribution in [0, 0.1) is 0 Å². The first-order valence-electron chi connectivity index (χ1n) is 6.47. The van der Waals surface area contributed by atoms with Gasteiger partial charge in [0.1, 0.15) is 11.5 Å². The number of ether oxygens (including phenoxy) is 2. The molecule has 1 aliphatic carbocycles. The Kier molecular flexibility index (Phi) is 4.31. The molecule has 1 fully saturated rings. The summed E-state index contributed by atoms with van der Waals surface area (Å²) in [6.07, 6.45) is 4.40.